The van der Waals surface area contributed by atoms with E-state index in [-0.39, 0.29) is 11.2 Å². The van der Waals surface area contributed by atoms with E-state index in [4.69, 9.17) is 5.73 Å². The van der Waals surface area contributed by atoms with Crippen molar-refractivity contribution in [2.45, 2.75) is 32.9 Å². The van der Waals surface area contributed by atoms with E-state index in [1.165, 1.54) is 0 Å². The van der Waals surface area contributed by atoms with Crippen LogP contribution in [0.2, 0.25) is 0 Å². The summed E-state index contributed by atoms with van der Waals surface area (Å²) in [6.07, 6.45) is -0.741. The number of phenolic OH excluding ortho intramolecular Hbond substituents is 1. The van der Waals surface area contributed by atoms with Crippen LogP contribution in [0.5, 0.6) is 5.75 Å². The van der Waals surface area contributed by atoms with Gasteiger partial charge in [0.05, 0.1) is 16.6 Å². The van der Waals surface area contributed by atoms with Gasteiger partial charge in [0, 0.05) is 10.0 Å². The molecule has 0 amide bonds. The van der Waals surface area contributed by atoms with Crippen LogP contribution in [0.15, 0.2) is 21.1 Å². The van der Waals surface area contributed by atoms with Gasteiger partial charge >= 0.3 is 0 Å². The molecule has 4 N–H and O–H groups in total. The second kappa shape index (κ2) is 5.26. The average molecular weight is 367 g/mol. The van der Waals surface area contributed by atoms with Crippen molar-refractivity contribution in [3.05, 3.63) is 26.6 Å². The fraction of sp³-hybridized carbons (Fsp3) is 0.500. The highest BCUT2D eigenvalue weighted by atomic mass is 79.9. The number of aliphatic hydroxyl groups excluding tert-OH is 1. The van der Waals surface area contributed by atoms with Gasteiger partial charge in [-0.05, 0) is 33.5 Å². The molecule has 0 aliphatic heterocycles. The lowest BCUT2D eigenvalue weighted by Gasteiger charge is -2.31. The summed E-state index contributed by atoms with van der Waals surface area (Å²) in [5, 5.41) is 20.1. The number of aliphatic hydroxyl groups is 1. The standard InChI is InChI=1S/C12H17Br2NO2/c1-12(2,3)11(17)9(15)7-4-6(13)5-8(14)10(7)16/h4-5,9,11,16-17H,15H2,1-3H3/t9-,11-/m1/s1. The van der Waals surface area contributed by atoms with Crippen LogP contribution in [-0.4, -0.2) is 16.3 Å². The highest BCUT2D eigenvalue weighted by Gasteiger charge is 2.31. The third-order valence-electron chi connectivity index (χ3n) is 2.64. The van der Waals surface area contributed by atoms with E-state index in [1.807, 2.05) is 20.8 Å². The van der Waals surface area contributed by atoms with Gasteiger partial charge in [-0.2, -0.15) is 0 Å². The van der Waals surface area contributed by atoms with E-state index in [9.17, 15) is 10.2 Å². The van der Waals surface area contributed by atoms with E-state index in [2.05, 4.69) is 31.9 Å². The quantitative estimate of drug-likeness (QED) is 0.752. The molecule has 1 aromatic rings. The Balaban J connectivity index is 3.17. The third-order valence-corrected chi connectivity index (χ3v) is 3.71. The zero-order chi connectivity index (χ0) is 13.4. The summed E-state index contributed by atoms with van der Waals surface area (Å²) in [5.41, 5.74) is 6.19. The fourth-order valence-corrected chi connectivity index (χ4v) is 2.81. The molecule has 0 radical (unpaired) electrons. The highest BCUT2D eigenvalue weighted by Crippen LogP contribution is 2.38. The summed E-state index contributed by atoms with van der Waals surface area (Å²) < 4.78 is 1.35. The van der Waals surface area contributed by atoms with Gasteiger partial charge in [0.2, 0.25) is 0 Å². The molecule has 0 spiro atoms. The Morgan fingerprint density at radius 1 is 1.24 bits per heavy atom. The largest absolute Gasteiger partial charge is 0.506 e. The highest BCUT2D eigenvalue weighted by molar-refractivity contribution is 9.11. The van der Waals surface area contributed by atoms with Crippen molar-refractivity contribution in [2.75, 3.05) is 0 Å². The Morgan fingerprint density at radius 2 is 1.76 bits per heavy atom. The van der Waals surface area contributed by atoms with E-state index in [0.717, 1.165) is 4.47 Å². The van der Waals surface area contributed by atoms with Gasteiger partial charge in [0.15, 0.2) is 0 Å². The maximum atomic E-state index is 10.1. The molecule has 0 heterocycles. The summed E-state index contributed by atoms with van der Waals surface area (Å²) in [6.45, 7) is 5.71. The lowest BCUT2D eigenvalue weighted by atomic mass is 9.82. The number of halogens is 2. The molecule has 0 fully saturated rings. The first-order chi connectivity index (χ1) is 7.64. The topological polar surface area (TPSA) is 66.5 Å². The second-order valence-corrected chi connectivity index (χ2v) is 6.93. The molecule has 2 atom stereocenters. The van der Waals surface area contributed by atoms with Gasteiger partial charge in [-0.3, -0.25) is 0 Å². The molecule has 0 saturated heterocycles. The average Bonchev–Trinajstić information content (AvgIpc) is 2.20. The van der Waals surface area contributed by atoms with Gasteiger partial charge in [-0.1, -0.05) is 36.7 Å². The SMILES string of the molecule is CC(C)(C)[C@H](O)[C@H](N)c1cc(Br)cc(Br)c1O. The molecule has 3 nitrogen and oxygen atoms in total. The fourth-order valence-electron chi connectivity index (χ4n) is 1.55. The molecular weight excluding hydrogens is 350 g/mol. The minimum Gasteiger partial charge on any atom is -0.506 e. The van der Waals surface area contributed by atoms with Crippen LogP contribution in [0.1, 0.15) is 32.4 Å². The maximum Gasteiger partial charge on any atom is 0.134 e. The first kappa shape index (κ1) is 15.0. The number of rotatable bonds is 2. The van der Waals surface area contributed by atoms with E-state index < -0.39 is 12.1 Å². The van der Waals surface area contributed by atoms with Crippen molar-refractivity contribution in [3.63, 3.8) is 0 Å². The smallest absolute Gasteiger partial charge is 0.134 e. The molecule has 96 valence electrons. The molecule has 1 rings (SSSR count). The van der Waals surface area contributed by atoms with Crippen molar-refractivity contribution in [1.29, 1.82) is 0 Å². The Morgan fingerprint density at radius 3 is 2.24 bits per heavy atom. The van der Waals surface area contributed by atoms with Crippen LogP contribution in [0.25, 0.3) is 0 Å². The summed E-state index contributed by atoms with van der Waals surface area (Å²) in [6, 6.07) is 2.82. The third kappa shape index (κ3) is 3.44. The van der Waals surface area contributed by atoms with Crippen molar-refractivity contribution in [2.24, 2.45) is 11.1 Å². The lowest BCUT2D eigenvalue weighted by molar-refractivity contribution is 0.0394. The van der Waals surface area contributed by atoms with Gasteiger partial charge < -0.3 is 15.9 Å². The predicted molar refractivity (Wildman–Crippen MR) is 75.9 cm³/mol. The van der Waals surface area contributed by atoms with E-state index >= 15 is 0 Å². The molecule has 0 aliphatic rings. The van der Waals surface area contributed by atoms with Crippen molar-refractivity contribution in [3.8, 4) is 5.75 Å². The number of phenols is 1. The minimum atomic E-state index is -0.741. The van der Waals surface area contributed by atoms with Gasteiger partial charge in [0.25, 0.3) is 0 Å². The van der Waals surface area contributed by atoms with Crippen LogP contribution in [0, 0.1) is 5.41 Å². The molecule has 0 aromatic heterocycles. The Hall–Kier alpha value is -0.100. The first-order valence-corrected chi connectivity index (χ1v) is 6.84. The van der Waals surface area contributed by atoms with E-state index in [1.54, 1.807) is 12.1 Å². The molecule has 0 saturated carbocycles. The first-order valence-electron chi connectivity index (χ1n) is 5.26. The summed E-state index contributed by atoms with van der Waals surface area (Å²) in [5.74, 6) is 0.0731. The number of aromatic hydroxyl groups is 1. The molecular formula is C12H17Br2NO2. The van der Waals surface area contributed by atoms with Gasteiger partial charge in [0.1, 0.15) is 5.75 Å². The number of nitrogens with two attached hydrogens (primary N) is 1. The molecule has 1 aromatic carbocycles. The Kier molecular flexibility index (Phi) is 4.63. The predicted octanol–water partition coefficient (Wildman–Crippen LogP) is 3.32. The molecule has 0 bridgehead atoms. The maximum absolute atomic E-state index is 10.1. The van der Waals surface area contributed by atoms with Crippen molar-refractivity contribution >= 4 is 31.9 Å². The monoisotopic (exact) mass is 365 g/mol. The lowest BCUT2D eigenvalue weighted by Crippen LogP contribution is -2.37. The van der Waals surface area contributed by atoms with Crippen LogP contribution >= 0.6 is 31.9 Å². The van der Waals surface area contributed by atoms with Crippen LogP contribution in [-0.2, 0) is 0 Å². The van der Waals surface area contributed by atoms with Crippen LogP contribution in [0.3, 0.4) is 0 Å². The molecule has 17 heavy (non-hydrogen) atoms. The Bertz CT molecular complexity index is 416. The van der Waals surface area contributed by atoms with Gasteiger partial charge in [-0.25, -0.2) is 0 Å². The molecule has 5 heteroatoms. The van der Waals surface area contributed by atoms with E-state index in [0.29, 0.717) is 10.0 Å². The zero-order valence-corrected chi connectivity index (χ0v) is 13.2. The normalized spacial score (nSPS) is 15.7. The summed E-state index contributed by atoms with van der Waals surface area (Å²) in [4.78, 5) is 0. The number of hydrogen-bond donors (Lipinski definition) is 3. The van der Waals surface area contributed by atoms with Crippen LogP contribution in [0.4, 0.5) is 0 Å². The van der Waals surface area contributed by atoms with Crippen molar-refractivity contribution in [1.82, 2.24) is 0 Å². The summed E-state index contributed by atoms with van der Waals surface area (Å²) >= 11 is 6.58. The number of benzene rings is 1. The zero-order valence-electron chi connectivity index (χ0n) is 10.0. The molecule has 0 unspecified atom stereocenters. The second-order valence-electron chi connectivity index (χ2n) is 5.16. The number of hydrogen-bond acceptors (Lipinski definition) is 3. The Labute approximate surface area is 118 Å². The van der Waals surface area contributed by atoms with Gasteiger partial charge in [-0.15, -0.1) is 0 Å². The molecule has 0 aliphatic carbocycles. The van der Waals surface area contributed by atoms with Crippen molar-refractivity contribution < 1.29 is 10.2 Å². The summed E-state index contributed by atoms with van der Waals surface area (Å²) in [7, 11) is 0. The van der Waals surface area contributed by atoms with Crippen LogP contribution < -0.4 is 5.73 Å². The minimum absolute atomic E-state index is 0.0731.